The Morgan fingerprint density at radius 3 is 2.50 bits per heavy atom. The standard InChI is InChI=1S/C9H15F3N2O2/c1-16-4-7(13)8(15)14(6-2-3-6)5-9(10,11)12/h6-7H,2-5,13H2,1H3. The highest BCUT2D eigenvalue weighted by atomic mass is 19.4. The molecule has 16 heavy (non-hydrogen) atoms. The van der Waals surface area contributed by atoms with Gasteiger partial charge < -0.3 is 15.4 Å². The number of nitrogens with two attached hydrogens (primary N) is 1. The summed E-state index contributed by atoms with van der Waals surface area (Å²) in [6, 6.07) is -1.33. The number of hydrogen-bond acceptors (Lipinski definition) is 3. The zero-order chi connectivity index (χ0) is 12.3. The molecule has 1 aliphatic rings. The Morgan fingerprint density at radius 1 is 1.56 bits per heavy atom. The number of carbonyl (C=O) groups is 1. The van der Waals surface area contributed by atoms with Crippen molar-refractivity contribution in [2.24, 2.45) is 5.73 Å². The van der Waals surface area contributed by atoms with Crippen LogP contribution in [-0.2, 0) is 9.53 Å². The lowest BCUT2D eigenvalue weighted by atomic mass is 10.2. The Bertz CT molecular complexity index is 254. The van der Waals surface area contributed by atoms with Gasteiger partial charge >= 0.3 is 6.18 Å². The Labute approximate surface area is 91.5 Å². The third-order valence-electron chi connectivity index (χ3n) is 2.28. The van der Waals surface area contributed by atoms with Crippen molar-refractivity contribution in [2.45, 2.75) is 31.1 Å². The number of hydrogen-bond donors (Lipinski definition) is 1. The van der Waals surface area contributed by atoms with Crippen molar-refractivity contribution in [3.63, 3.8) is 0 Å². The first-order valence-electron chi connectivity index (χ1n) is 4.97. The summed E-state index contributed by atoms with van der Waals surface area (Å²) in [5.41, 5.74) is 5.43. The van der Waals surface area contributed by atoms with Crippen molar-refractivity contribution in [1.29, 1.82) is 0 Å². The molecule has 1 unspecified atom stereocenters. The van der Waals surface area contributed by atoms with E-state index < -0.39 is 24.7 Å². The molecule has 4 nitrogen and oxygen atoms in total. The van der Waals surface area contributed by atoms with Gasteiger partial charge in [0.1, 0.15) is 12.6 Å². The normalized spacial score (nSPS) is 18.3. The lowest BCUT2D eigenvalue weighted by Crippen LogP contribution is -2.50. The highest BCUT2D eigenvalue weighted by molar-refractivity contribution is 5.82. The van der Waals surface area contributed by atoms with Crippen molar-refractivity contribution < 1.29 is 22.7 Å². The molecule has 0 radical (unpaired) electrons. The van der Waals surface area contributed by atoms with Crippen LogP contribution < -0.4 is 5.73 Å². The minimum Gasteiger partial charge on any atom is -0.383 e. The van der Waals surface area contributed by atoms with E-state index in [2.05, 4.69) is 4.74 Å². The summed E-state index contributed by atoms with van der Waals surface area (Å²) in [4.78, 5) is 12.4. The third kappa shape index (κ3) is 3.97. The first kappa shape index (κ1) is 13.2. The highest BCUT2D eigenvalue weighted by Gasteiger charge is 2.41. The largest absolute Gasteiger partial charge is 0.406 e. The molecule has 0 heterocycles. The second kappa shape index (κ2) is 5.01. The van der Waals surface area contributed by atoms with Crippen LogP contribution in [0, 0.1) is 0 Å². The molecule has 0 saturated heterocycles. The molecule has 94 valence electrons. The number of rotatable bonds is 5. The minimum atomic E-state index is -4.38. The lowest BCUT2D eigenvalue weighted by molar-refractivity contribution is -0.163. The summed E-state index contributed by atoms with van der Waals surface area (Å²) < 4.78 is 41.4. The fourth-order valence-corrected chi connectivity index (χ4v) is 1.43. The van der Waals surface area contributed by atoms with Gasteiger partial charge in [-0.15, -0.1) is 0 Å². The smallest absolute Gasteiger partial charge is 0.383 e. The van der Waals surface area contributed by atoms with Crippen LogP contribution in [0.15, 0.2) is 0 Å². The molecular formula is C9H15F3N2O2. The molecule has 0 aromatic rings. The molecule has 0 spiro atoms. The number of carbonyl (C=O) groups excluding carboxylic acids is 1. The Kier molecular flexibility index (Phi) is 4.15. The summed E-state index contributed by atoms with van der Waals surface area (Å²) >= 11 is 0. The van der Waals surface area contributed by atoms with Crippen LogP contribution in [0.25, 0.3) is 0 Å². The van der Waals surface area contributed by atoms with Crippen molar-refractivity contribution in [3.8, 4) is 0 Å². The molecule has 2 N–H and O–H groups in total. The monoisotopic (exact) mass is 240 g/mol. The van der Waals surface area contributed by atoms with E-state index >= 15 is 0 Å². The number of amides is 1. The fourth-order valence-electron chi connectivity index (χ4n) is 1.43. The van der Waals surface area contributed by atoms with E-state index in [0.29, 0.717) is 12.8 Å². The maximum Gasteiger partial charge on any atom is 0.406 e. The summed E-state index contributed by atoms with van der Waals surface area (Å²) in [5.74, 6) is -0.693. The van der Waals surface area contributed by atoms with Crippen LogP contribution in [0.5, 0.6) is 0 Å². The van der Waals surface area contributed by atoms with Gasteiger partial charge in [0, 0.05) is 13.2 Å². The lowest BCUT2D eigenvalue weighted by Gasteiger charge is -2.26. The van der Waals surface area contributed by atoms with Crippen LogP contribution in [-0.4, -0.2) is 49.3 Å². The maximum absolute atomic E-state index is 12.2. The van der Waals surface area contributed by atoms with Gasteiger partial charge in [0.15, 0.2) is 0 Å². The van der Waals surface area contributed by atoms with Gasteiger partial charge in [-0.2, -0.15) is 13.2 Å². The van der Waals surface area contributed by atoms with Gasteiger partial charge in [0.2, 0.25) is 5.91 Å². The van der Waals surface area contributed by atoms with Crippen molar-refractivity contribution in [1.82, 2.24) is 4.90 Å². The number of methoxy groups -OCH3 is 1. The number of alkyl halides is 3. The SMILES string of the molecule is COCC(N)C(=O)N(CC(F)(F)F)C1CC1. The number of nitrogens with zero attached hydrogens (tertiary/aromatic N) is 1. The van der Waals surface area contributed by atoms with E-state index in [4.69, 9.17) is 5.73 Å². The molecule has 0 aromatic carbocycles. The summed E-state index contributed by atoms with van der Waals surface area (Å²) in [6.07, 6.45) is -3.16. The topological polar surface area (TPSA) is 55.6 Å². The average Bonchev–Trinajstić information content (AvgIpc) is 2.95. The van der Waals surface area contributed by atoms with E-state index in [-0.39, 0.29) is 12.6 Å². The maximum atomic E-state index is 12.2. The van der Waals surface area contributed by atoms with Gasteiger partial charge in [-0.3, -0.25) is 4.79 Å². The summed E-state index contributed by atoms with van der Waals surface area (Å²) in [5, 5.41) is 0. The first-order valence-corrected chi connectivity index (χ1v) is 4.97. The van der Waals surface area contributed by atoms with E-state index in [1.807, 2.05) is 0 Å². The van der Waals surface area contributed by atoms with Gasteiger partial charge in [0.05, 0.1) is 6.61 Å². The Hall–Kier alpha value is -0.820. The third-order valence-corrected chi connectivity index (χ3v) is 2.28. The molecule has 1 saturated carbocycles. The van der Waals surface area contributed by atoms with Crippen LogP contribution in [0.4, 0.5) is 13.2 Å². The Balaban J connectivity index is 2.59. The van der Waals surface area contributed by atoms with Crippen molar-refractivity contribution >= 4 is 5.91 Å². The summed E-state index contributed by atoms with van der Waals surface area (Å²) in [7, 11) is 1.35. The van der Waals surface area contributed by atoms with Gasteiger partial charge in [-0.05, 0) is 12.8 Å². The van der Waals surface area contributed by atoms with Crippen LogP contribution in [0.3, 0.4) is 0 Å². The van der Waals surface area contributed by atoms with E-state index in [0.717, 1.165) is 4.90 Å². The predicted molar refractivity (Wildman–Crippen MR) is 50.6 cm³/mol. The predicted octanol–water partition coefficient (Wildman–Crippen LogP) is 0.513. The second-order valence-electron chi connectivity index (χ2n) is 3.87. The first-order chi connectivity index (χ1) is 7.35. The molecule has 1 amide bonds. The van der Waals surface area contributed by atoms with Crippen molar-refractivity contribution in [2.75, 3.05) is 20.3 Å². The van der Waals surface area contributed by atoms with E-state index in [1.165, 1.54) is 7.11 Å². The molecule has 1 aliphatic carbocycles. The van der Waals surface area contributed by atoms with E-state index in [9.17, 15) is 18.0 Å². The molecule has 0 aliphatic heterocycles. The molecule has 1 fully saturated rings. The quantitative estimate of drug-likeness (QED) is 0.762. The van der Waals surface area contributed by atoms with Gasteiger partial charge in [-0.1, -0.05) is 0 Å². The molecule has 1 rings (SSSR count). The van der Waals surface area contributed by atoms with Crippen LogP contribution in [0.2, 0.25) is 0 Å². The summed E-state index contributed by atoms with van der Waals surface area (Å²) in [6.45, 7) is -1.30. The minimum absolute atomic E-state index is 0.0695. The van der Waals surface area contributed by atoms with Crippen LogP contribution in [0.1, 0.15) is 12.8 Å². The molecule has 1 atom stereocenters. The average molecular weight is 240 g/mol. The molecular weight excluding hydrogens is 225 g/mol. The Morgan fingerprint density at radius 2 is 2.12 bits per heavy atom. The fraction of sp³-hybridized carbons (Fsp3) is 0.889. The highest BCUT2D eigenvalue weighted by Crippen LogP contribution is 2.30. The van der Waals surface area contributed by atoms with Gasteiger partial charge in [-0.25, -0.2) is 0 Å². The van der Waals surface area contributed by atoms with E-state index in [1.54, 1.807) is 0 Å². The second-order valence-corrected chi connectivity index (χ2v) is 3.87. The van der Waals surface area contributed by atoms with Gasteiger partial charge in [0.25, 0.3) is 0 Å². The molecule has 0 aromatic heterocycles. The zero-order valence-corrected chi connectivity index (χ0v) is 8.96. The molecule has 7 heteroatoms. The number of halogens is 3. The zero-order valence-electron chi connectivity index (χ0n) is 8.96. The number of ether oxygens (including phenoxy) is 1. The molecule has 0 bridgehead atoms. The van der Waals surface area contributed by atoms with Crippen LogP contribution >= 0.6 is 0 Å². The van der Waals surface area contributed by atoms with Crippen molar-refractivity contribution in [3.05, 3.63) is 0 Å².